The lowest BCUT2D eigenvalue weighted by atomic mass is 10.2. The second kappa shape index (κ2) is 6.51. The maximum atomic E-state index is 5.56. The van der Waals surface area contributed by atoms with Crippen molar-refractivity contribution in [1.82, 2.24) is 0 Å². The Balaban J connectivity index is 2.86. The van der Waals surface area contributed by atoms with Gasteiger partial charge in [0.05, 0.1) is 0 Å². The van der Waals surface area contributed by atoms with E-state index in [9.17, 15) is 0 Å². The molecule has 0 radical (unpaired) electrons. The first kappa shape index (κ1) is 13.0. The highest BCUT2D eigenvalue weighted by Gasteiger charge is 2.11. The molecule has 0 amide bonds. The average molecular weight is 223 g/mol. The van der Waals surface area contributed by atoms with Crippen LogP contribution in [0.5, 0.6) is 0 Å². The molecule has 1 aromatic rings. The van der Waals surface area contributed by atoms with Gasteiger partial charge in [-0.1, -0.05) is 12.1 Å². The summed E-state index contributed by atoms with van der Waals surface area (Å²) in [6.07, 6.45) is -0.255. The summed E-state index contributed by atoms with van der Waals surface area (Å²) in [5, 5.41) is 0. The molecule has 0 spiro atoms. The van der Waals surface area contributed by atoms with Crippen LogP contribution in [0.3, 0.4) is 0 Å². The van der Waals surface area contributed by atoms with E-state index in [-0.39, 0.29) is 6.29 Å². The number of benzene rings is 1. The summed E-state index contributed by atoms with van der Waals surface area (Å²) in [5.74, 6) is 0. The zero-order valence-electron chi connectivity index (χ0n) is 10.6. The maximum absolute atomic E-state index is 5.56. The average Bonchev–Trinajstić information content (AvgIpc) is 2.29. The van der Waals surface area contributed by atoms with E-state index >= 15 is 0 Å². The van der Waals surface area contributed by atoms with Crippen LogP contribution in [0.15, 0.2) is 24.3 Å². The molecule has 1 rings (SSSR count). The van der Waals surface area contributed by atoms with Crippen molar-refractivity contribution < 1.29 is 9.47 Å². The van der Waals surface area contributed by atoms with Crippen LogP contribution in [0.25, 0.3) is 0 Å². The highest BCUT2D eigenvalue weighted by atomic mass is 16.7. The Labute approximate surface area is 98.0 Å². The van der Waals surface area contributed by atoms with E-state index in [4.69, 9.17) is 9.47 Å². The summed E-state index contributed by atoms with van der Waals surface area (Å²) in [5.41, 5.74) is 2.22. The van der Waals surface area contributed by atoms with E-state index in [1.54, 1.807) is 0 Å². The van der Waals surface area contributed by atoms with Crippen LogP contribution in [0.1, 0.15) is 25.7 Å². The zero-order chi connectivity index (χ0) is 12.0. The van der Waals surface area contributed by atoms with Gasteiger partial charge in [0.15, 0.2) is 6.29 Å². The summed E-state index contributed by atoms with van der Waals surface area (Å²) in [6, 6.07) is 8.22. The monoisotopic (exact) mass is 223 g/mol. The second-order valence-corrected chi connectivity index (χ2v) is 3.73. The molecule has 0 saturated carbocycles. The van der Waals surface area contributed by atoms with Crippen molar-refractivity contribution in [2.75, 3.05) is 32.2 Å². The number of hydrogen-bond acceptors (Lipinski definition) is 3. The minimum atomic E-state index is -0.255. The molecular weight excluding hydrogens is 202 g/mol. The van der Waals surface area contributed by atoms with Crippen LogP contribution >= 0.6 is 0 Å². The fraction of sp³-hybridized carbons (Fsp3) is 0.538. The number of anilines is 1. The summed E-state index contributed by atoms with van der Waals surface area (Å²) < 4.78 is 11.1. The lowest BCUT2D eigenvalue weighted by Crippen LogP contribution is -2.12. The lowest BCUT2D eigenvalue weighted by molar-refractivity contribution is -0.140. The predicted octanol–water partition coefficient (Wildman–Crippen LogP) is 2.82. The summed E-state index contributed by atoms with van der Waals surface area (Å²) in [6.45, 7) is 5.25. The van der Waals surface area contributed by atoms with Crippen LogP contribution in [0.4, 0.5) is 5.69 Å². The van der Waals surface area contributed by atoms with Crippen molar-refractivity contribution in [3.8, 4) is 0 Å². The van der Waals surface area contributed by atoms with Gasteiger partial charge in [0, 0.05) is 38.6 Å². The molecular formula is C13H21NO2. The Morgan fingerprint density at radius 1 is 1.12 bits per heavy atom. The Morgan fingerprint density at radius 2 is 1.75 bits per heavy atom. The van der Waals surface area contributed by atoms with Crippen molar-refractivity contribution in [3.63, 3.8) is 0 Å². The van der Waals surface area contributed by atoms with E-state index in [0.717, 1.165) is 11.3 Å². The molecule has 0 saturated heterocycles. The lowest BCUT2D eigenvalue weighted by Gasteiger charge is -2.19. The maximum Gasteiger partial charge on any atom is 0.183 e. The normalized spacial score (nSPS) is 10.8. The first-order valence-corrected chi connectivity index (χ1v) is 5.69. The molecule has 0 atom stereocenters. The topological polar surface area (TPSA) is 21.7 Å². The molecule has 0 bridgehead atoms. The Morgan fingerprint density at radius 3 is 2.25 bits per heavy atom. The van der Waals surface area contributed by atoms with Gasteiger partial charge in [-0.2, -0.15) is 0 Å². The zero-order valence-corrected chi connectivity index (χ0v) is 10.6. The molecule has 16 heavy (non-hydrogen) atoms. The fourth-order valence-corrected chi connectivity index (χ4v) is 1.49. The molecule has 0 aliphatic carbocycles. The van der Waals surface area contributed by atoms with E-state index in [1.807, 2.05) is 40.1 Å². The minimum Gasteiger partial charge on any atom is -0.378 e. The highest BCUT2D eigenvalue weighted by Crippen LogP contribution is 2.23. The first-order chi connectivity index (χ1) is 7.69. The summed E-state index contributed by atoms with van der Waals surface area (Å²) in [4.78, 5) is 2.07. The quantitative estimate of drug-likeness (QED) is 0.692. The molecule has 3 nitrogen and oxygen atoms in total. The van der Waals surface area contributed by atoms with Crippen molar-refractivity contribution in [2.24, 2.45) is 0 Å². The molecule has 0 aliphatic rings. The van der Waals surface area contributed by atoms with E-state index in [1.165, 1.54) is 0 Å². The van der Waals surface area contributed by atoms with Crippen LogP contribution in [0, 0.1) is 0 Å². The van der Waals surface area contributed by atoms with E-state index in [0.29, 0.717) is 13.2 Å². The molecule has 0 aromatic heterocycles. The number of ether oxygens (including phenoxy) is 2. The predicted molar refractivity (Wildman–Crippen MR) is 66.8 cm³/mol. The van der Waals surface area contributed by atoms with Crippen LogP contribution in [-0.4, -0.2) is 27.3 Å². The van der Waals surface area contributed by atoms with Gasteiger partial charge in [0.25, 0.3) is 0 Å². The van der Waals surface area contributed by atoms with E-state index in [2.05, 4.69) is 17.0 Å². The third-order valence-corrected chi connectivity index (χ3v) is 2.29. The van der Waals surface area contributed by atoms with Gasteiger partial charge >= 0.3 is 0 Å². The number of hydrogen-bond donors (Lipinski definition) is 0. The van der Waals surface area contributed by atoms with Crippen molar-refractivity contribution in [3.05, 3.63) is 29.8 Å². The smallest absolute Gasteiger partial charge is 0.183 e. The van der Waals surface area contributed by atoms with Gasteiger partial charge in [-0.3, -0.25) is 0 Å². The largest absolute Gasteiger partial charge is 0.378 e. The molecule has 0 N–H and O–H groups in total. The van der Waals surface area contributed by atoms with Gasteiger partial charge in [-0.25, -0.2) is 0 Å². The van der Waals surface area contributed by atoms with Gasteiger partial charge < -0.3 is 14.4 Å². The molecule has 0 heterocycles. The van der Waals surface area contributed by atoms with Crippen molar-refractivity contribution in [1.29, 1.82) is 0 Å². The van der Waals surface area contributed by atoms with Crippen LogP contribution in [0.2, 0.25) is 0 Å². The molecule has 0 unspecified atom stereocenters. The molecule has 90 valence electrons. The SMILES string of the molecule is CCOC(OCC)c1cccc(N(C)C)c1. The molecule has 1 aromatic carbocycles. The van der Waals surface area contributed by atoms with Gasteiger partial charge in [-0.15, -0.1) is 0 Å². The Hall–Kier alpha value is -1.06. The van der Waals surface area contributed by atoms with Crippen molar-refractivity contribution in [2.45, 2.75) is 20.1 Å². The summed E-state index contributed by atoms with van der Waals surface area (Å²) >= 11 is 0. The standard InChI is InChI=1S/C13H21NO2/c1-5-15-13(16-6-2)11-8-7-9-12(10-11)14(3)4/h7-10,13H,5-6H2,1-4H3. The van der Waals surface area contributed by atoms with Gasteiger partial charge in [-0.05, 0) is 26.0 Å². The first-order valence-electron chi connectivity index (χ1n) is 5.69. The number of nitrogens with zero attached hydrogens (tertiary/aromatic N) is 1. The number of rotatable bonds is 6. The molecule has 3 heteroatoms. The Kier molecular flexibility index (Phi) is 5.29. The molecule has 0 fully saturated rings. The van der Waals surface area contributed by atoms with Crippen LogP contribution < -0.4 is 4.90 Å². The molecule has 0 aliphatic heterocycles. The highest BCUT2D eigenvalue weighted by molar-refractivity contribution is 5.47. The summed E-state index contributed by atoms with van der Waals surface area (Å²) in [7, 11) is 4.05. The fourth-order valence-electron chi connectivity index (χ4n) is 1.49. The third kappa shape index (κ3) is 3.51. The Bertz CT molecular complexity index is 307. The minimum absolute atomic E-state index is 0.255. The van der Waals surface area contributed by atoms with E-state index < -0.39 is 0 Å². The van der Waals surface area contributed by atoms with Crippen molar-refractivity contribution >= 4 is 5.69 Å². The second-order valence-electron chi connectivity index (χ2n) is 3.73. The van der Waals surface area contributed by atoms with Gasteiger partial charge in [0.2, 0.25) is 0 Å². The third-order valence-electron chi connectivity index (χ3n) is 2.29. The van der Waals surface area contributed by atoms with Gasteiger partial charge in [0.1, 0.15) is 0 Å². The van der Waals surface area contributed by atoms with Crippen LogP contribution in [-0.2, 0) is 9.47 Å².